The van der Waals surface area contributed by atoms with Crippen LogP contribution in [0.25, 0.3) is 0 Å². The standard InChI is InChI=1S/C39H64N6O8/c1-13-26(8)33(35(48)44-32(24(4)5)38(51)52-12)43-31(47)21-28(40)29(20-27-17-15-14-16-18-27)42-36(49)34(25(6)7)45(41-22-46)37(50)30(19-23(2)3)53-39(9,10)11/h14-18,23-26,28-30,32-34H,13,19-21,40H2,1-12H3,(H,42,49)(H,43,47)(H,44,48)/t26-,28-,29-,30-,32-,33-,34-/m0/s1. The van der Waals surface area contributed by atoms with Crippen molar-refractivity contribution in [2.24, 2.45) is 34.5 Å². The van der Waals surface area contributed by atoms with Crippen molar-refractivity contribution in [3.05, 3.63) is 35.9 Å². The second-order valence-corrected chi connectivity index (χ2v) is 15.8. The van der Waals surface area contributed by atoms with Crippen LogP contribution in [0.15, 0.2) is 35.4 Å². The predicted molar refractivity (Wildman–Crippen MR) is 203 cm³/mol. The molecule has 14 heteroatoms. The maximum absolute atomic E-state index is 14.2. The molecular formula is C39H64N6O8. The Morgan fingerprint density at radius 2 is 1.49 bits per heavy atom. The Labute approximate surface area is 315 Å². The number of hydrogen-bond acceptors (Lipinski definition) is 10. The van der Waals surface area contributed by atoms with Crippen LogP contribution in [0.2, 0.25) is 0 Å². The van der Waals surface area contributed by atoms with Crippen molar-refractivity contribution in [1.29, 1.82) is 0 Å². The minimum atomic E-state index is -1.25. The zero-order valence-electron chi connectivity index (χ0n) is 33.7. The third-order valence-electron chi connectivity index (χ3n) is 8.79. The van der Waals surface area contributed by atoms with Gasteiger partial charge < -0.3 is 31.2 Å². The maximum atomic E-state index is 14.2. The number of esters is 1. The Bertz CT molecular complexity index is 1390. The summed E-state index contributed by atoms with van der Waals surface area (Å²) >= 11 is 0. The highest BCUT2D eigenvalue weighted by atomic mass is 16.5. The van der Waals surface area contributed by atoms with Crippen molar-refractivity contribution >= 4 is 35.7 Å². The fourth-order valence-electron chi connectivity index (χ4n) is 5.79. The molecular weight excluding hydrogens is 680 g/mol. The quantitative estimate of drug-likeness (QED) is 0.0629. The number of rotatable bonds is 21. The van der Waals surface area contributed by atoms with Gasteiger partial charge in [-0.05, 0) is 62.8 Å². The Morgan fingerprint density at radius 1 is 0.887 bits per heavy atom. The van der Waals surface area contributed by atoms with Crippen LogP contribution in [0, 0.1) is 23.7 Å². The summed E-state index contributed by atoms with van der Waals surface area (Å²) in [7, 11) is 1.24. The van der Waals surface area contributed by atoms with E-state index in [9.17, 15) is 28.8 Å². The molecule has 0 aromatic heterocycles. The lowest BCUT2D eigenvalue weighted by Crippen LogP contribution is -2.59. The minimum absolute atomic E-state index is 0.0505. The van der Waals surface area contributed by atoms with Crippen molar-refractivity contribution < 1.29 is 38.2 Å². The Balaban J connectivity index is 3.45. The number of nitrogens with one attached hydrogen (secondary N) is 3. The van der Waals surface area contributed by atoms with Gasteiger partial charge in [0.25, 0.3) is 12.0 Å². The van der Waals surface area contributed by atoms with Crippen LogP contribution in [0.1, 0.15) is 101 Å². The van der Waals surface area contributed by atoms with Crippen LogP contribution in [0.3, 0.4) is 0 Å². The molecule has 1 aromatic carbocycles. The monoisotopic (exact) mass is 744 g/mol. The van der Waals surface area contributed by atoms with E-state index in [0.717, 1.165) is 10.6 Å². The molecule has 1 rings (SSSR count). The molecule has 0 aliphatic carbocycles. The fraction of sp³-hybridized carbons (Fsp3) is 0.692. The molecule has 0 fully saturated rings. The normalized spacial score (nSPS) is 15.6. The van der Waals surface area contributed by atoms with E-state index in [-0.39, 0.29) is 30.6 Å². The van der Waals surface area contributed by atoms with E-state index in [2.05, 4.69) is 21.1 Å². The van der Waals surface area contributed by atoms with E-state index in [1.54, 1.807) is 27.7 Å². The van der Waals surface area contributed by atoms with Crippen molar-refractivity contribution in [3.63, 3.8) is 0 Å². The van der Waals surface area contributed by atoms with Gasteiger partial charge in [0.2, 0.25) is 17.7 Å². The molecule has 0 heterocycles. The second-order valence-electron chi connectivity index (χ2n) is 15.8. The van der Waals surface area contributed by atoms with E-state index >= 15 is 0 Å². The Kier molecular flexibility index (Phi) is 19.6. The predicted octanol–water partition coefficient (Wildman–Crippen LogP) is 3.61. The van der Waals surface area contributed by atoms with Crippen molar-refractivity contribution in [1.82, 2.24) is 21.0 Å². The lowest BCUT2D eigenvalue weighted by atomic mass is 9.94. The Hall–Kier alpha value is -4.13. The number of nitrogens with zero attached hydrogens (tertiary/aromatic N) is 2. The van der Waals surface area contributed by atoms with Gasteiger partial charge in [0.15, 0.2) is 0 Å². The van der Waals surface area contributed by atoms with E-state index in [0.29, 0.717) is 12.8 Å². The highest BCUT2D eigenvalue weighted by Crippen LogP contribution is 2.23. The van der Waals surface area contributed by atoms with Gasteiger partial charge in [-0.2, -0.15) is 0 Å². The van der Waals surface area contributed by atoms with E-state index in [4.69, 9.17) is 15.2 Å². The first kappa shape index (κ1) is 46.9. The summed E-state index contributed by atoms with van der Waals surface area (Å²) in [6.07, 6.45) is 1.25. The topological polar surface area (TPSA) is 199 Å². The van der Waals surface area contributed by atoms with Gasteiger partial charge in [0.05, 0.1) is 12.7 Å². The molecule has 5 N–H and O–H groups in total. The molecule has 0 aliphatic rings. The van der Waals surface area contributed by atoms with Gasteiger partial charge in [-0.25, -0.2) is 14.6 Å². The first-order valence-electron chi connectivity index (χ1n) is 18.5. The first-order valence-corrected chi connectivity index (χ1v) is 18.5. The van der Waals surface area contributed by atoms with Gasteiger partial charge in [0.1, 0.15) is 24.2 Å². The highest BCUT2D eigenvalue weighted by molar-refractivity contribution is 5.92. The molecule has 298 valence electrons. The molecule has 14 nitrogen and oxygen atoms in total. The summed E-state index contributed by atoms with van der Waals surface area (Å²) < 4.78 is 10.9. The Morgan fingerprint density at radius 3 is 1.96 bits per heavy atom. The lowest BCUT2D eigenvalue weighted by Gasteiger charge is -2.35. The number of hydrogen-bond donors (Lipinski definition) is 4. The number of amides is 4. The zero-order valence-corrected chi connectivity index (χ0v) is 33.7. The largest absolute Gasteiger partial charge is 0.467 e. The fourth-order valence-corrected chi connectivity index (χ4v) is 5.79. The molecule has 4 amide bonds. The summed E-state index contributed by atoms with van der Waals surface area (Å²) in [6, 6.07) is 4.31. The third-order valence-corrected chi connectivity index (χ3v) is 8.79. The molecule has 0 saturated heterocycles. The number of hydrazone groups is 1. The number of carbonyl (C=O) groups excluding carboxylic acids is 6. The summed E-state index contributed by atoms with van der Waals surface area (Å²) in [4.78, 5) is 79.1. The molecule has 0 saturated carbocycles. The van der Waals surface area contributed by atoms with Gasteiger partial charge in [-0.3, -0.25) is 19.2 Å². The van der Waals surface area contributed by atoms with Gasteiger partial charge in [-0.15, -0.1) is 0 Å². The van der Waals surface area contributed by atoms with Crippen molar-refractivity contribution in [2.45, 2.75) is 144 Å². The van der Waals surface area contributed by atoms with Crippen LogP contribution in [-0.2, 0) is 44.7 Å². The maximum Gasteiger partial charge on any atom is 0.328 e. The summed E-state index contributed by atoms with van der Waals surface area (Å²) in [6.45, 7) is 19.9. The summed E-state index contributed by atoms with van der Waals surface area (Å²) in [5, 5.41) is 13.0. The summed E-state index contributed by atoms with van der Waals surface area (Å²) in [5.41, 5.74) is 6.79. The minimum Gasteiger partial charge on any atom is -0.467 e. The van der Waals surface area contributed by atoms with Gasteiger partial charge in [-0.1, -0.05) is 97.2 Å². The average molecular weight is 745 g/mol. The van der Waals surface area contributed by atoms with E-state index in [1.807, 2.05) is 78.8 Å². The lowest BCUT2D eigenvalue weighted by molar-refractivity contribution is -0.161. The molecule has 53 heavy (non-hydrogen) atoms. The van der Waals surface area contributed by atoms with Crippen LogP contribution >= 0.6 is 0 Å². The molecule has 0 aliphatic heterocycles. The van der Waals surface area contributed by atoms with Crippen LogP contribution in [-0.4, -0.2) is 89.7 Å². The number of carbonyl (C=O) groups is 5. The van der Waals surface area contributed by atoms with Crippen molar-refractivity contribution in [2.75, 3.05) is 7.11 Å². The second kappa shape index (κ2) is 22.2. The number of ether oxygens (including phenoxy) is 2. The number of nitrogens with two attached hydrogens (primary N) is 1. The smallest absolute Gasteiger partial charge is 0.328 e. The molecule has 0 unspecified atom stereocenters. The van der Waals surface area contributed by atoms with E-state index < -0.39 is 77.4 Å². The van der Waals surface area contributed by atoms with E-state index in [1.165, 1.54) is 13.2 Å². The molecule has 7 atom stereocenters. The number of benzene rings is 1. The SMILES string of the molecule is CC[C@H](C)[C@H](NC(=O)C[C@H](N)[C@H](Cc1ccccc1)NC(=O)[C@H](C(C)C)N(N=C=O)C(=O)[C@H](CC(C)C)OC(C)(C)C)C(=O)N[C@H](C(=O)OC)C(C)C. The van der Waals surface area contributed by atoms with Crippen LogP contribution < -0.4 is 21.7 Å². The average Bonchev–Trinajstić information content (AvgIpc) is 3.06. The van der Waals surface area contributed by atoms with Gasteiger partial charge >= 0.3 is 5.97 Å². The molecule has 0 radical (unpaired) electrons. The van der Waals surface area contributed by atoms with Crippen molar-refractivity contribution in [3.8, 4) is 0 Å². The zero-order chi connectivity index (χ0) is 40.6. The summed E-state index contributed by atoms with van der Waals surface area (Å²) in [5.74, 6) is -3.99. The number of methoxy groups -OCH3 is 1. The third kappa shape index (κ3) is 15.8. The first-order chi connectivity index (χ1) is 24.7. The van der Waals surface area contributed by atoms with Gasteiger partial charge in [0, 0.05) is 18.5 Å². The van der Waals surface area contributed by atoms with Crippen LogP contribution in [0.4, 0.5) is 0 Å². The molecule has 0 spiro atoms. The molecule has 0 bridgehead atoms. The molecule has 1 aromatic rings. The number of isocyanates is 1. The highest BCUT2D eigenvalue weighted by Gasteiger charge is 2.40. The van der Waals surface area contributed by atoms with Crippen LogP contribution in [0.5, 0.6) is 0 Å².